The van der Waals surface area contributed by atoms with Crippen LogP contribution in [0.3, 0.4) is 0 Å². The molecule has 0 radical (unpaired) electrons. The van der Waals surface area contributed by atoms with Gasteiger partial charge in [0, 0.05) is 33.2 Å². The molecule has 0 spiro atoms. The quantitative estimate of drug-likeness (QED) is 0.132. The molecular formula is C52H33N3. The zero-order valence-electron chi connectivity index (χ0n) is 29.9. The highest BCUT2D eigenvalue weighted by atomic mass is 15.0. The van der Waals surface area contributed by atoms with E-state index in [2.05, 4.69) is 205 Å². The van der Waals surface area contributed by atoms with Gasteiger partial charge in [-0.05, 0) is 85.9 Å². The molecule has 2 aromatic heterocycles. The summed E-state index contributed by atoms with van der Waals surface area (Å²) in [4.78, 5) is 10.8. The standard InChI is InChI=1S/C52H33N3/c1-3-16-35(17-4-1)46-33-47(54-52(53-46)51-42-24-10-8-18-37(42)32-45-40-23-9-7-15-34(40)29-30-43(45)51)38-20-13-19-36(31-38)41-26-14-28-49-50(41)44-25-11-12-27-48(44)55(49)39-21-5-2-6-22-39/h1-33H. The van der Waals surface area contributed by atoms with E-state index in [0.29, 0.717) is 5.82 Å². The number of para-hydroxylation sites is 2. The van der Waals surface area contributed by atoms with Crippen LogP contribution in [0.25, 0.3) is 105 Å². The molecule has 0 fully saturated rings. The summed E-state index contributed by atoms with van der Waals surface area (Å²) in [5.41, 5.74) is 10.8. The van der Waals surface area contributed by atoms with Crippen LogP contribution in [-0.4, -0.2) is 14.5 Å². The third-order valence-electron chi connectivity index (χ3n) is 11.0. The van der Waals surface area contributed by atoms with E-state index in [0.717, 1.165) is 50.1 Å². The molecule has 11 aromatic rings. The molecule has 3 heteroatoms. The fourth-order valence-electron chi connectivity index (χ4n) is 8.49. The summed E-state index contributed by atoms with van der Waals surface area (Å²) in [6.07, 6.45) is 0. The Morgan fingerprint density at radius 1 is 0.345 bits per heavy atom. The van der Waals surface area contributed by atoms with Gasteiger partial charge >= 0.3 is 0 Å². The number of benzene rings is 9. The van der Waals surface area contributed by atoms with Crippen LogP contribution < -0.4 is 0 Å². The van der Waals surface area contributed by atoms with Gasteiger partial charge in [-0.2, -0.15) is 0 Å². The minimum absolute atomic E-state index is 0.715. The smallest absolute Gasteiger partial charge is 0.161 e. The van der Waals surface area contributed by atoms with Crippen molar-refractivity contribution in [2.24, 2.45) is 0 Å². The summed E-state index contributed by atoms with van der Waals surface area (Å²) < 4.78 is 2.37. The van der Waals surface area contributed by atoms with E-state index < -0.39 is 0 Å². The van der Waals surface area contributed by atoms with Gasteiger partial charge in [0.15, 0.2) is 5.82 Å². The van der Waals surface area contributed by atoms with E-state index in [1.165, 1.54) is 48.9 Å². The third kappa shape index (κ3) is 5.13. The first-order valence-corrected chi connectivity index (χ1v) is 18.7. The van der Waals surface area contributed by atoms with Gasteiger partial charge in [-0.1, -0.05) is 158 Å². The van der Waals surface area contributed by atoms with Crippen molar-refractivity contribution in [1.29, 1.82) is 0 Å². The topological polar surface area (TPSA) is 30.7 Å². The maximum atomic E-state index is 5.46. The number of rotatable bonds is 5. The van der Waals surface area contributed by atoms with Crippen LogP contribution in [0.1, 0.15) is 0 Å². The van der Waals surface area contributed by atoms with E-state index in [9.17, 15) is 0 Å². The molecule has 0 saturated heterocycles. The average Bonchev–Trinajstić information content (AvgIpc) is 3.61. The van der Waals surface area contributed by atoms with Gasteiger partial charge in [-0.25, -0.2) is 9.97 Å². The number of fused-ring (bicyclic) bond motifs is 7. The molecule has 0 saturated carbocycles. The summed E-state index contributed by atoms with van der Waals surface area (Å²) in [6.45, 7) is 0. The molecule has 0 aliphatic heterocycles. The molecule has 0 atom stereocenters. The summed E-state index contributed by atoms with van der Waals surface area (Å²) in [6, 6.07) is 71.5. The predicted octanol–water partition coefficient (Wildman–Crippen LogP) is 13.7. The van der Waals surface area contributed by atoms with Crippen molar-refractivity contribution in [2.75, 3.05) is 0 Å². The minimum atomic E-state index is 0.715. The first-order chi connectivity index (χ1) is 27.3. The Labute approximate surface area is 318 Å². The number of hydrogen-bond acceptors (Lipinski definition) is 2. The Bertz CT molecular complexity index is 3250. The molecule has 0 aliphatic carbocycles. The summed E-state index contributed by atoms with van der Waals surface area (Å²) >= 11 is 0. The lowest BCUT2D eigenvalue weighted by Crippen LogP contribution is -1.98. The van der Waals surface area contributed by atoms with E-state index in [-0.39, 0.29) is 0 Å². The largest absolute Gasteiger partial charge is 0.309 e. The highest BCUT2D eigenvalue weighted by molar-refractivity contribution is 6.20. The Morgan fingerprint density at radius 3 is 1.80 bits per heavy atom. The zero-order chi connectivity index (χ0) is 36.3. The summed E-state index contributed by atoms with van der Waals surface area (Å²) in [7, 11) is 0. The van der Waals surface area contributed by atoms with Crippen molar-refractivity contribution in [1.82, 2.24) is 14.5 Å². The molecule has 55 heavy (non-hydrogen) atoms. The second-order valence-electron chi connectivity index (χ2n) is 14.2. The lowest BCUT2D eigenvalue weighted by molar-refractivity contribution is 1.18. The van der Waals surface area contributed by atoms with Gasteiger partial charge in [-0.3, -0.25) is 0 Å². The van der Waals surface area contributed by atoms with Crippen molar-refractivity contribution >= 4 is 54.1 Å². The molecule has 0 bridgehead atoms. The van der Waals surface area contributed by atoms with Crippen LogP contribution in [-0.2, 0) is 0 Å². The van der Waals surface area contributed by atoms with Gasteiger partial charge in [-0.15, -0.1) is 0 Å². The number of aromatic nitrogens is 3. The SMILES string of the molecule is c1ccc(-c2cc(-c3cccc(-c4cccc5c4c4ccccc4n5-c4ccccc4)c3)nc(-c3c4ccccc4cc4c3ccc3ccccc34)n2)cc1. The van der Waals surface area contributed by atoms with Crippen molar-refractivity contribution in [3.05, 3.63) is 200 Å². The lowest BCUT2D eigenvalue weighted by atomic mass is 9.92. The van der Waals surface area contributed by atoms with Crippen LogP contribution in [0.5, 0.6) is 0 Å². The first kappa shape index (κ1) is 31.2. The Balaban J connectivity index is 1.15. The van der Waals surface area contributed by atoms with Crippen LogP contribution in [0.15, 0.2) is 200 Å². The van der Waals surface area contributed by atoms with Gasteiger partial charge in [0.05, 0.1) is 22.4 Å². The molecule has 0 aliphatic rings. The Kier molecular flexibility index (Phi) is 7.17. The van der Waals surface area contributed by atoms with Gasteiger partial charge in [0.1, 0.15) is 0 Å². The molecule has 9 aromatic carbocycles. The maximum absolute atomic E-state index is 5.46. The monoisotopic (exact) mass is 699 g/mol. The normalized spacial score (nSPS) is 11.6. The molecule has 3 nitrogen and oxygen atoms in total. The van der Waals surface area contributed by atoms with Crippen LogP contribution in [0.2, 0.25) is 0 Å². The third-order valence-corrected chi connectivity index (χ3v) is 11.0. The first-order valence-electron chi connectivity index (χ1n) is 18.7. The molecule has 0 unspecified atom stereocenters. The van der Waals surface area contributed by atoms with Crippen LogP contribution >= 0.6 is 0 Å². The van der Waals surface area contributed by atoms with Crippen molar-refractivity contribution < 1.29 is 0 Å². The van der Waals surface area contributed by atoms with Crippen LogP contribution in [0, 0.1) is 0 Å². The van der Waals surface area contributed by atoms with E-state index in [1.54, 1.807) is 0 Å². The maximum Gasteiger partial charge on any atom is 0.161 e. The molecule has 0 amide bonds. The second kappa shape index (κ2) is 12.6. The molecule has 0 N–H and O–H groups in total. The summed E-state index contributed by atoms with van der Waals surface area (Å²) in [5, 5.41) is 9.56. The highest BCUT2D eigenvalue weighted by Gasteiger charge is 2.19. The van der Waals surface area contributed by atoms with Crippen molar-refractivity contribution in [3.63, 3.8) is 0 Å². The van der Waals surface area contributed by atoms with Gasteiger partial charge in [0.2, 0.25) is 0 Å². The van der Waals surface area contributed by atoms with Gasteiger partial charge < -0.3 is 4.57 Å². The Hall–Kier alpha value is -7.36. The minimum Gasteiger partial charge on any atom is -0.309 e. The molecule has 256 valence electrons. The highest BCUT2D eigenvalue weighted by Crippen LogP contribution is 2.42. The molecule has 11 rings (SSSR count). The average molecular weight is 700 g/mol. The molecule has 2 heterocycles. The second-order valence-corrected chi connectivity index (χ2v) is 14.2. The predicted molar refractivity (Wildman–Crippen MR) is 231 cm³/mol. The summed E-state index contributed by atoms with van der Waals surface area (Å²) in [5.74, 6) is 0.715. The van der Waals surface area contributed by atoms with Gasteiger partial charge in [0.25, 0.3) is 0 Å². The number of nitrogens with zero attached hydrogens (tertiary/aromatic N) is 3. The van der Waals surface area contributed by atoms with Crippen LogP contribution in [0.4, 0.5) is 0 Å². The number of hydrogen-bond donors (Lipinski definition) is 0. The lowest BCUT2D eigenvalue weighted by Gasteiger charge is -2.15. The van der Waals surface area contributed by atoms with E-state index in [1.807, 2.05) is 0 Å². The Morgan fingerprint density at radius 2 is 0.964 bits per heavy atom. The van der Waals surface area contributed by atoms with Crippen molar-refractivity contribution in [3.8, 4) is 50.7 Å². The fourth-order valence-corrected chi connectivity index (χ4v) is 8.49. The van der Waals surface area contributed by atoms with E-state index >= 15 is 0 Å². The zero-order valence-corrected chi connectivity index (χ0v) is 29.9. The van der Waals surface area contributed by atoms with Crippen molar-refractivity contribution in [2.45, 2.75) is 0 Å². The fraction of sp³-hybridized carbons (Fsp3) is 0. The van der Waals surface area contributed by atoms with E-state index in [4.69, 9.17) is 9.97 Å². The molecular weight excluding hydrogens is 667 g/mol.